The van der Waals surface area contributed by atoms with Crippen LogP contribution in [0.1, 0.15) is 22.8 Å². The molecule has 1 rings (SSSR count). The topological polar surface area (TPSA) is 98.5 Å². The van der Waals surface area contributed by atoms with Gasteiger partial charge in [0.2, 0.25) is 10.0 Å². The lowest BCUT2D eigenvalue weighted by molar-refractivity contribution is 0.0934. The van der Waals surface area contributed by atoms with Crippen molar-refractivity contribution >= 4 is 15.9 Å². The summed E-state index contributed by atoms with van der Waals surface area (Å²) in [5.74, 6) is -0.159. The molecule has 1 atom stereocenters. The van der Waals surface area contributed by atoms with Gasteiger partial charge in [0.25, 0.3) is 5.91 Å². The number of primary sulfonamides is 1. The lowest BCUT2D eigenvalue weighted by Crippen LogP contribution is -2.30. The van der Waals surface area contributed by atoms with Gasteiger partial charge in [0, 0.05) is 19.2 Å². The van der Waals surface area contributed by atoms with Gasteiger partial charge >= 0.3 is 0 Å². The van der Waals surface area contributed by atoms with Crippen LogP contribution in [-0.4, -0.2) is 34.6 Å². The molecule has 0 aliphatic rings. The van der Waals surface area contributed by atoms with Crippen molar-refractivity contribution in [2.24, 2.45) is 11.1 Å². The fourth-order valence-electron chi connectivity index (χ4n) is 1.76. The predicted octanol–water partition coefficient (Wildman–Crippen LogP) is 0.655. The Morgan fingerprint density at radius 3 is 2.60 bits per heavy atom. The first-order chi connectivity index (χ1) is 9.24. The number of rotatable bonds is 6. The summed E-state index contributed by atoms with van der Waals surface area (Å²) in [6.45, 7) is 4.64. The van der Waals surface area contributed by atoms with Gasteiger partial charge in [0.1, 0.15) is 0 Å². The quantitative estimate of drug-likeness (QED) is 0.806. The normalized spacial score (nSPS) is 13.0. The zero-order valence-electron chi connectivity index (χ0n) is 11.8. The van der Waals surface area contributed by atoms with Gasteiger partial charge in [0.15, 0.2) is 0 Å². The minimum atomic E-state index is -3.82. The molecule has 1 unspecified atom stereocenters. The highest BCUT2D eigenvalue weighted by Crippen LogP contribution is 2.13. The molecule has 1 amide bonds. The van der Waals surface area contributed by atoms with Gasteiger partial charge in [-0.05, 0) is 36.6 Å². The second-order valence-corrected chi connectivity index (χ2v) is 6.41. The number of ether oxygens (including phenoxy) is 1. The molecule has 0 fully saturated rings. The fraction of sp³-hybridized carbons (Fsp3) is 0.462. The van der Waals surface area contributed by atoms with E-state index in [1.54, 1.807) is 20.1 Å². The van der Waals surface area contributed by atoms with Crippen LogP contribution in [0, 0.1) is 12.8 Å². The van der Waals surface area contributed by atoms with Crippen LogP contribution in [0.2, 0.25) is 0 Å². The highest BCUT2D eigenvalue weighted by atomic mass is 32.2. The van der Waals surface area contributed by atoms with E-state index in [2.05, 4.69) is 5.32 Å². The maximum Gasteiger partial charge on any atom is 0.251 e. The van der Waals surface area contributed by atoms with E-state index in [1.165, 1.54) is 12.1 Å². The van der Waals surface area contributed by atoms with E-state index >= 15 is 0 Å². The van der Waals surface area contributed by atoms with E-state index in [-0.39, 0.29) is 22.3 Å². The molecular weight excluding hydrogens is 280 g/mol. The number of aryl methyl sites for hydroxylation is 1. The van der Waals surface area contributed by atoms with Crippen molar-refractivity contribution in [2.45, 2.75) is 18.7 Å². The molecule has 0 aliphatic heterocycles. The van der Waals surface area contributed by atoms with Crippen LogP contribution in [0.3, 0.4) is 0 Å². The number of nitrogens with one attached hydrogen (secondary N) is 1. The largest absolute Gasteiger partial charge is 0.384 e. The number of sulfonamides is 1. The summed E-state index contributed by atoms with van der Waals surface area (Å²) in [5.41, 5.74) is 0.935. The Bertz CT molecular complexity index is 584. The summed E-state index contributed by atoms with van der Waals surface area (Å²) in [6, 6.07) is 4.32. The van der Waals surface area contributed by atoms with Gasteiger partial charge in [-0.1, -0.05) is 6.92 Å². The van der Waals surface area contributed by atoms with Gasteiger partial charge < -0.3 is 10.1 Å². The number of methoxy groups -OCH3 is 1. The molecule has 0 heterocycles. The maximum atomic E-state index is 12.0. The Kier molecular flexibility index (Phi) is 5.67. The molecule has 20 heavy (non-hydrogen) atoms. The highest BCUT2D eigenvalue weighted by molar-refractivity contribution is 7.89. The summed E-state index contributed by atoms with van der Waals surface area (Å²) in [5, 5.41) is 7.82. The van der Waals surface area contributed by atoms with Gasteiger partial charge in [-0.25, -0.2) is 13.6 Å². The van der Waals surface area contributed by atoms with Gasteiger partial charge in [-0.3, -0.25) is 4.79 Å². The SMILES string of the molecule is COCC(C)CNC(=O)c1cc(C)cc(S(N)(=O)=O)c1. The number of nitrogens with two attached hydrogens (primary N) is 1. The molecule has 3 N–H and O–H groups in total. The number of amides is 1. The summed E-state index contributed by atoms with van der Waals surface area (Å²) >= 11 is 0. The molecule has 6 nitrogen and oxygen atoms in total. The van der Waals surface area contributed by atoms with Crippen molar-refractivity contribution in [1.82, 2.24) is 5.32 Å². The third-order valence-corrected chi connectivity index (χ3v) is 3.60. The molecule has 1 aromatic carbocycles. The zero-order chi connectivity index (χ0) is 15.3. The fourth-order valence-corrected chi connectivity index (χ4v) is 2.40. The molecule has 1 aromatic rings. The molecule has 7 heteroatoms. The average molecular weight is 300 g/mol. The first kappa shape index (κ1) is 16.6. The first-order valence-corrected chi connectivity index (χ1v) is 7.70. The molecule has 0 spiro atoms. The number of carbonyl (C=O) groups excluding carboxylic acids is 1. The maximum absolute atomic E-state index is 12.0. The van der Waals surface area contributed by atoms with Crippen molar-refractivity contribution < 1.29 is 17.9 Å². The predicted molar refractivity (Wildman–Crippen MR) is 75.9 cm³/mol. The molecule has 0 saturated heterocycles. The number of benzene rings is 1. The molecule has 0 bridgehead atoms. The Morgan fingerprint density at radius 1 is 1.40 bits per heavy atom. The number of carbonyl (C=O) groups is 1. The molecule has 112 valence electrons. The van der Waals surface area contributed by atoms with Crippen LogP contribution in [-0.2, 0) is 14.8 Å². The minimum Gasteiger partial charge on any atom is -0.384 e. The highest BCUT2D eigenvalue weighted by Gasteiger charge is 2.14. The minimum absolute atomic E-state index is 0.0624. The van der Waals surface area contributed by atoms with Gasteiger partial charge in [0.05, 0.1) is 11.5 Å². The second kappa shape index (κ2) is 6.83. The zero-order valence-corrected chi connectivity index (χ0v) is 12.7. The summed E-state index contributed by atoms with van der Waals surface area (Å²) in [4.78, 5) is 11.9. The summed E-state index contributed by atoms with van der Waals surface area (Å²) in [7, 11) is -2.23. The molecule has 0 saturated carbocycles. The lowest BCUT2D eigenvalue weighted by Gasteiger charge is -2.12. The van der Waals surface area contributed by atoms with Crippen LogP contribution >= 0.6 is 0 Å². The monoisotopic (exact) mass is 300 g/mol. The smallest absolute Gasteiger partial charge is 0.251 e. The van der Waals surface area contributed by atoms with Gasteiger partial charge in [-0.15, -0.1) is 0 Å². The third kappa shape index (κ3) is 4.92. The van der Waals surface area contributed by atoms with Crippen LogP contribution in [0.25, 0.3) is 0 Å². The van der Waals surface area contributed by atoms with E-state index in [0.29, 0.717) is 18.7 Å². The van der Waals surface area contributed by atoms with Gasteiger partial charge in [-0.2, -0.15) is 0 Å². The van der Waals surface area contributed by atoms with Crippen molar-refractivity contribution in [3.05, 3.63) is 29.3 Å². The standard InChI is InChI=1S/C13H20N2O4S/c1-9-4-11(6-12(5-9)20(14,17)18)13(16)15-7-10(2)8-19-3/h4-6,10H,7-8H2,1-3H3,(H,15,16)(H2,14,17,18). The van der Waals surface area contributed by atoms with Crippen LogP contribution in [0.4, 0.5) is 0 Å². The molecular formula is C13H20N2O4S. The van der Waals surface area contributed by atoms with Crippen LogP contribution < -0.4 is 10.5 Å². The molecule has 0 aromatic heterocycles. The summed E-state index contributed by atoms with van der Waals surface area (Å²) < 4.78 is 27.7. The summed E-state index contributed by atoms with van der Waals surface area (Å²) in [6.07, 6.45) is 0. The van der Waals surface area contributed by atoms with Crippen LogP contribution in [0.5, 0.6) is 0 Å². The lowest BCUT2D eigenvalue weighted by atomic mass is 10.1. The Labute approximate surface area is 119 Å². The second-order valence-electron chi connectivity index (χ2n) is 4.85. The molecule has 0 radical (unpaired) electrons. The Morgan fingerprint density at radius 2 is 2.05 bits per heavy atom. The van der Waals surface area contributed by atoms with E-state index in [0.717, 1.165) is 0 Å². The van der Waals surface area contributed by atoms with E-state index in [1.807, 2.05) is 6.92 Å². The molecule has 0 aliphatic carbocycles. The van der Waals surface area contributed by atoms with Crippen LogP contribution in [0.15, 0.2) is 23.1 Å². The number of hydrogen-bond donors (Lipinski definition) is 2. The van der Waals surface area contributed by atoms with Crippen molar-refractivity contribution in [2.75, 3.05) is 20.3 Å². The van der Waals surface area contributed by atoms with E-state index < -0.39 is 10.0 Å². The number of hydrogen-bond acceptors (Lipinski definition) is 4. The van der Waals surface area contributed by atoms with Crippen molar-refractivity contribution in [3.63, 3.8) is 0 Å². The van der Waals surface area contributed by atoms with Crippen molar-refractivity contribution in [1.29, 1.82) is 0 Å². The first-order valence-electron chi connectivity index (χ1n) is 6.15. The van der Waals surface area contributed by atoms with Crippen molar-refractivity contribution in [3.8, 4) is 0 Å². The van der Waals surface area contributed by atoms with E-state index in [4.69, 9.17) is 9.88 Å². The Balaban J connectivity index is 2.86. The third-order valence-electron chi connectivity index (χ3n) is 2.70. The van der Waals surface area contributed by atoms with E-state index in [9.17, 15) is 13.2 Å². The Hall–Kier alpha value is -1.44. The average Bonchev–Trinajstić information content (AvgIpc) is 2.34.